The van der Waals surface area contributed by atoms with Crippen LogP contribution in [0.15, 0.2) is 28.7 Å². The molecular formula is C15H19BrClN5O. The molecule has 1 saturated heterocycles. The van der Waals surface area contributed by atoms with E-state index in [9.17, 15) is 4.79 Å². The second kappa shape index (κ2) is 7.42. The average molecular weight is 401 g/mol. The second-order valence-corrected chi connectivity index (χ2v) is 6.38. The molecule has 2 heterocycles. The maximum atomic E-state index is 12.7. The minimum Gasteiger partial charge on any atom is -0.332 e. The van der Waals surface area contributed by atoms with Crippen LogP contribution in [-0.4, -0.2) is 51.5 Å². The topological polar surface area (TPSA) is 63.1 Å². The number of amides is 1. The Labute approximate surface area is 149 Å². The molecule has 0 unspecified atom stereocenters. The lowest BCUT2D eigenvalue weighted by atomic mass is 10.2. The molecule has 2 aromatic rings. The highest BCUT2D eigenvalue weighted by Crippen LogP contribution is 2.18. The molecule has 0 spiro atoms. The fraction of sp³-hybridized carbons (Fsp3) is 0.400. The number of carbonyl (C=O) groups is 1. The molecule has 6 nitrogen and oxygen atoms in total. The lowest BCUT2D eigenvalue weighted by molar-refractivity contribution is 0.0649. The Morgan fingerprint density at radius 1 is 1.43 bits per heavy atom. The van der Waals surface area contributed by atoms with E-state index in [1.807, 2.05) is 43.0 Å². The normalized spacial score (nSPS) is 17.7. The fourth-order valence-electron chi connectivity index (χ4n) is 2.66. The molecule has 1 aromatic heterocycles. The summed E-state index contributed by atoms with van der Waals surface area (Å²) in [5, 5.41) is 11.6. The van der Waals surface area contributed by atoms with Crippen LogP contribution >= 0.6 is 28.3 Å². The van der Waals surface area contributed by atoms with Crippen LogP contribution in [0, 0.1) is 6.92 Å². The third-order valence-corrected chi connectivity index (χ3v) is 4.41. The van der Waals surface area contributed by atoms with Gasteiger partial charge in [0.2, 0.25) is 0 Å². The average Bonchev–Trinajstić information content (AvgIpc) is 2.89. The molecule has 3 rings (SSSR count). The summed E-state index contributed by atoms with van der Waals surface area (Å²) in [5.41, 5.74) is 2.06. The van der Waals surface area contributed by atoms with E-state index < -0.39 is 0 Å². The first kappa shape index (κ1) is 17.9. The van der Waals surface area contributed by atoms with Crippen LogP contribution < -0.4 is 5.32 Å². The van der Waals surface area contributed by atoms with Gasteiger partial charge in [-0.2, -0.15) is 0 Å². The zero-order valence-electron chi connectivity index (χ0n) is 13.0. The molecule has 1 aliphatic heterocycles. The highest BCUT2D eigenvalue weighted by molar-refractivity contribution is 9.10. The van der Waals surface area contributed by atoms with Gasteiger partial charge in [0, 0.05) is 30.1 Å². The van der Waals surface area contributed by atoms with Gasteiger partial charge in [0.1, 0.15) is 0 Å². The first-order valence-corrected chi connectivity index (χ1v) is 8.07. The van der Waals surface area contributed by atoms with Crippen molar-refractivity contribution in [2.24, 2.45) is 0 Å². The van der Waals surface area contributed by atoms with Crippen molar-refractivity contribution < 1.29 is 4.79 Å². The number of carbonyl (C=O) groups excluding carboxylic acids is 1. The maximum absolute atomic E-state index is 12.7. The van der Waals surface area contributed by atoms with E-state index in [4.69, 9.17) is 0 Å². The zero-order valence-corrected chi connectivity index (χ0v) is 15.4. The van der Waals surface area contributed by atoms with E-state index in [1.165, 1.54) is 0 Å². The van der Waals surface area contributed by atoms with Crippen LogP contribution in [0.3, 0.4) is 0 Å². The summed E-state index contributed by atoms with van der Waals surface area (Å²) in [6.45, 7) is 6.24. The molecule has 23 heavy (non-hydrogen) atoms. The summed E-state index contributed by atoms with van der Waals surface area (Å²) < 4.78 is 2.66. The van der Waals surface area contributed by atoms with Gasteiger partial charge in [-0.1, -0.05) is 27.2 Å². The lowest BCUT2D eigenvalue weighted by Gasteiger charge is -2.33. The first-order chi connectivity index (χ1) is 10.6. The molecule has 1 aromatic carbocycles. The van der Waals surface area contributed by atoms with Crippen molar-refractivity contribution in [3.63, 3.8) is 0 Å². The van der Waals surface area contributed by atoms with Gasteiger partial charge in [0.25, 0.3) is 5.91 Å². The van der Waals surface area contributed by atoms with Crippen LogP contribution in [0.2, 0.25) is 0 Å². The summed E-state index contributed by atoms with van der Waals surface area (Å²) in [4.78, 5) is 14.6. The highest BCUT2D eigenvalue weighted by Gasteiger charge is 2.28. The van der Waals surface area contributed by atoms with E-state index >= 15 is 0 Å². The molecular weight excluding hydrogens is 382 g/mol. The predicted molar refractivity (Wildman–Crippen MR) is 94.4 cm³/mol. The van der Waals surface area contributed by atoms with Crippen molar-refractivity contribution in [2.75, 3.05) is 19.6 Å². The summed E-state index contributed by atoms with van der Waals surface area (Å²) >= 11 is 3.45. The molecule has 1 amide bonds. The third kappa shape index (κ3) is 3.57. The Balaban J connectivity index is 0.00000192. The number of hydrogen-bond donors (Lipinski definition) is 1. The van der Waals surface area contributed by atoms with E-state index in [2.05, 4.69) is 31.6 Å². The minimum absolute atomic E-state index is 0. The van der Waals surface area contributed by atoms with Crippen LogP contribution in [-0.2, 0) is 0 Å². The molecule has 1 N–H and O–H groups in total. The molecule has 0 bridgehead atoms. The van der Waals surface area contributed by atoms with Gasteiger partial charge in [-0.05, 0) is 32.0 Å². The van der Waals surface area contributed by atoms with Crippen molar-refractivity contribution in [1.82, 2.24) is 25.2 Å². The Hall–Kier alpha value is -1.44. The smallest absolute Gasteiger partial charge is 0.276 e. The van der Waals surface area contributed by atoms with Crippen LogP contribution in [0.25, 0.3) is 5.69 Å². The summed E-state index contributed by atoms with van der Waals surface area (Å²) in [6, 6.07) is 7.93. The molecule has 124 valence electrons. The molecule has 1 atom stereocenters. The van der Waals surface area contributed by atoms with Gasteiger partial charge >= 0.3 is 0 Å². The molecule has 8 heteroatoms. The van der Waals surface area contributed by atoms with Crippen molar-refractivity contribution >= 4 is 34.2 Å². The van der Waals surface area contributed by atoms with Gasteiger partial charge < -0.3 is 10.2 Å². The van der Waals surface area contributed by atoms with Gasteiger partial charge in [-0.15, -0.1) is 17.5 Å². The summed E-state index contributed by atoms with van der Waals surface area (Å²) in [6.07, 6.45) is 0. The fourth-order valence-corrected chi connectivity index (χ4v) is 3.05. The quantitative estimate of drug-likeness (QED) is 0.839. The highest BCUT2D eigenvalue weighted by atomic mass is 79.9. The Morgan fingerprint density at radius 2 is 2.22 bits per heavy atom. The van der Waals surface area contributed by atoms with Gasteiger partial charge in [0.05, 0.1) is 11.4 Å². The van der Waals surface area contributed by atoms with E-state index in [0.29, 0.717) is 12.2 Å². The van der Waals surface area contributed by atoms with Crippen LogP contribution in [0.1, 0.15) is 23.1 Å². The van der Waals surface area contributed by atoms with Gasteiger partial charge in [-0.25, -0.2) is 4.68 Å². The van der Waals surface area contributed by atoms with E-state index in [1.54, 1.807) is 4.68 Å². The van der Waals surface area contributed by atoms with Crippen molar-refractivity contribution in [3.8, 4) is 5.69 Å². The summed E-state index contributed by atoms with van der Waals surface area (Å²) in [7, 11) is 0. The first-order valence-electron chi connectivity index (χ1n) is 7.28. The Bertz CT molecular complexity index is 705. The van der Waals surface area contributed by atoms with Crippen molar-refractivity contribution in [3.05, 3.63) is 40.1 Å². The number of aromatic nitrogens is 3. The number of rotatable bonds is 2. The molecule has 0 radical (unpaired) electrons. The monoisotopic (exact) mass is 399 g/mol. The minimum atomic E-state index is -0.0484. The second-order valence-electron chi connectivity index (χ2n) is 5.47. The number of nitrogens with zero attached hydrogens (tertiary/aromatic N) is 4. The zero-order chi connectivity index (χ0) is 15.7. The molecule has 0 saturated carbocycles. The van der Waals surface area contributed by atoms with E-state index in [0.717, 1.165) is 28.9 Å². The van der Waals surface area contributed by atoms with Crippen LogP contribution in [0.4, 0.5) is 0 Å². The van der Waals surface area contributed by atoms with Crippen molar-refractivity contribution in [1.29, 1.82) is 0 Å². The molecule has 1 aliphatic rings. The predicted octanol–water partition coefficient (Wildman–Crippen LogP) is 2.19. The third-order valence-electron chi connectivity index (χ3n) is 3.91. The maximum Gasteiger partial charge on any atom is 0.276 e. The molecule has 0 aliphatic carbocycles. The molecule has 1 fully saturated rings. The number of nitrogens with one attached hydrogen (secondary N) is 1. The van der Waals surface area contributed by atoms with Crippen LogP contribution in [0.5, 0.6) is 0 Å². The Kier molecular flexibility index (Phi) is 5.78. The standard InChI is InChI=1S/C15H18BrN5O.ClH/c1-10-9-17-6-7-20(10)15(22)14-11(2)21(19-18-14)13-5-3-4-12(16)8-13;/h3-5,8,10,17H,6-7,9H2,1-2H3;1H/t10-;/m1./s1. The lowest BCUT2D eigenvalue weighted by Crippen LogP contribution is -2.52. The van der Waals surface area contributed by atoms with Crippen molar-refractivity contribution in [2.45, 2.75) is 19.9 Å². The summed E-state index contributed by atoms with van der Waals surface area (Å²) in [5.74, 6) is -0.0484. The number of benzene rings is 1. The number of hydrogen-bond acceptors (Lipinski definition) is 4. The largest absolute Gasteiger partial charge is 0.332 e. The Morgan fingerprint density at radius 3 is 2.91 bits per heavy atom. The van der Waals surface area contributed by atoms with E-state index in [-0.39, 0.29) is 24.4 Å². The SMILES string of the molecule is Cc1c(C(=O)N2CCNC[C@H]2C)nnn1-c1cccc(Br)c1.Cl. The number of piperazine rings is 1. The van der Waals surface area contributed by atoms with Gasteiger partial charge in [-0.3, -0.25) is 4.79 Å². The number of halogens is 2. The van der Waals surface area contributed by atoms with Gasteiger partial charge in [0.15, 0.2) is 5.69 Å².